The Balaban J connectivity index is 1.73. The van der Waals surface area contributed by atoms with E-state index in [1.165, 1.54) is 6.07 Å². The molecule has 1 atom stereocenters. The summed E-state index contributed by atoms with van der Waals surface area (Å²) in [5, 5.41) is 9.84. The van der Waals surface area contributed by atoms with Crippen LogP contribution in [0.3, 0.4) is 0 Å². The maximum absolute atomic E-state index is 13.4. The normalized spacial score (nSPS) is 12.3. The first-order chi connectivity index (χ1) is 15.3. The molecule has 32 heavy (non-hydrogen) atoms. The van der Waals surface area contributed by atoms with E-state index in [4.69, 9.17) is 5.73 Å². The zero-order valence-electron chi connectivity index (χ0n) is 17.1. The highest BCUT2D eigenvalue weighted by molar-refractivity contribution is 7.93. The van der Waals surface area contributed by atoms with Gasteiger partial charge in [0, 0.05) is 22.9 Å². The third kappa shape index (κ3) is 4.32. The molecule has 6 nitrogen and oxygen atoms in total. The lowest BCUT2D eigenvalue weighted by molar-refractivity contribution is -0.138. The Hall–Kier alpha value is -3.38. The summed E-state index contributed by atoms with van der Waals surface area (Å²) in [6.07, 6.45) is -0.112. The van der Waals surface area contributed by atoms with Crippen LogP contribution in [0.2, 0.25) is 0 Å². The van der Waals surface area contributed by atoms with Crippen LogP contribution >= 0.6 is 11.3 Å². The molecular weight excluding hydrogens is 444 g/mol. The topological polar surface area (TPSA) is 113 Å². The lowest BCUT2D eigenvalue weighted by Gasteiger charge is -2.08. The predicted molar refractivity (Wildman–Crippen MR) is 125 cm³/mol. The van der Waals surface area contributed by atoms with E-state index in [-0.39, 0.29) is 15.7 Å². The first-order valence-corrected chi connectivity index (χ1v) is 12.1. The highest BCUT2D eigenvalue weighted by atomic mass is 32.2. The van der Waals surface area contributed by atoms with Crippen LogP contribution in [0.1, 0.15) is 21.6 Å². The van der Waals surface area contributed by atoms with E-state index in [9.17, 15) is 18.3 Å². The summed E-state index contributed by atoms with van der Waals surface area (Å²) in [5.74, 6) is 4.86. The van der Waals surface area contributed by atoms with E-state index in [1.54, 1.807) is 30.3 Å². The van der Waals surface area contributed by atoms with Gasteiger partial charge in [-0.3, -0.25) is 4.79 Å². The second-order valence-electron chi connectivity index (χ2n) is 7.37. The highest BCUT2D eigenvalue weighted by Gasteiger charge is 2.28. The molecule has 8 heteroatoms. The lowest BCUT2D eigenvalue weighted by Crippen LogP contribution is -2.32. The van der Waals surface area contributed by atoms with Gasteiger partial charge in [-0.15, -0.1) is 11.3 Å². The second-order valence-corrected chi connectivity index (χ2v) is 10.6. The number of carboxylic acid groups (broad SMARTS) is 1. The Kier molecular flexibility index (Phi) is 5.89. The number of thiophene rings is 1. The van der Waals surface area contributed by atoms with Gasteiger partial charge in [0.25, 0.3) is 0 Å². The van der Waals surface area contributed by atoms with Crippen LogP contribution in [0.5, 0.6) is 0 Å². The van der Waals surface area contributed by atoms with Gasteiger partial charge in [-0.25, -0.2) is 8.42 Å². The van der Waals surface area contributed by atoms with Gasteiger partial charge >= 0.3 is 5.97 Å². The Morgan fingerprint density at radius 3 is 2.53 bits per heavy atom. The van der Waals surface area contributed by atoms with Crippen molar-refractivity contribution in [2.24, 2.45) is 5.73 Å². The SMILES string of the molecule is Cc1ccc(C#Cc2ccc(S(=O)(=O)c3[nH]c4ccccc4c3C[C@@H](N)C(=O)O)s2)cc1. The molecule has 2 aromatic carbocycles. The van der Waals surface area contributed by atoms with Crippen LogP contribution in [-0.2, 0) is 21.1 Å². The molecule has 4 aromatic rings. The number of aryl methyl sites for hydroxylation is 1. The third-order valence-electron chi connectivity index (χ3n) is 5.01. The molecule has 0 aliphatic rings. The smallest absolute Gasteiger partial charge is 0.320 e. The number of benzene rings is 2. The molecule has 4 rings (SSSR count). The van der Waals surface area contributed by atoms with E-state index in [0.717, 1.165) is 22.5 Å². The van der Waals surface area contributed by atoms with Crippen molar-refractivity contribution in [2.75, 3.05) is 0 Å². The van der Waals surface area contributed by atoms with Gasteiger partial charge in [0.15, 0.2) is 0 Å². The number of fused-ring (bicyclic) bond motifs is 1. The number of para-hydroxylation sites is 1. The third-order valence-corrected chi connectivity index (χ3v) is 8.27. The quantitative estimate of drug-likeness (QED) is 0.390. The standard InChI is InChI=1S/C24H20N2O4S2/c1-15-6-8-16(9-7-15)10-11-17-12-13-22(31-17)32(29,30)23-19(14-20(25)24(27)28)18-4-2-3-5-21(18)26-23/h2-9,12-13,20,26H,14,25H2,1H3,(H,27,28)/t20-/m1/s1. The maximum Gasteiger partial charge on any atom is 0.320 e. The van der Waals surface area contributed by atoms with Gasteiger partial charge in [0.1, 0.15) is 15.3 Å². The first kappa shape index (κ1) is 21.8. The zero-order chi connectivity index (χ0) is 22.9. The largest absolute Gasteiger partial charge is 0.480 e. The number of carboxylic acids is 1. The molecule has 0 unspecified atom stereocenters. The van der Waals surface area contributed by atoms with Crippen molar-refractivity contribution in [2.45, 2.75) is 28.6 Å². The summed E-state index contributed by atoms with van der Waals surface area (Å²) in [7, 11) is -3.92. The fourth-order valence-corrected chi connectivity index (χ4v) is 6.08. The number of nitrogens with two attached hydrogens (primary N) is 1. The Morgan fingerprint density at radius 2 is 1.81 bits per heavy atom. The summed E-state index contributed by atoms with van der Waals surface area (Å²) >= 11 is 1.07. The monoisotopic (exact) mass is 464 g/mol. The van der Waals surface area contributed by atoms with Gasteiger partial charge in [0.05, 0.1) is 4.88 Å². The molecule has 0 fully saturated rings. The number of rotatable bonds is 5. The number of hydrogen-bond donors (Lipinski definition) is 3. The molecule has 0 aliphatic carbocycles. The molecule has 2 aromatic heterocycles. The molecule has 4 N–H and O–H groups in total. The minimum atomic E-state index is -3.92. The minimum absolute atomic E-state index is 0.0321. The second kappa shape index (κ2) is 8.63. The molecular formula is C24H20N2O4S2. The van der Waals surface area contributed by atoms with Crippen molar-refractivity contribution in [3.8, 4) is 11.8 Å². The van der Waals surface area contributed by atoms with Crippen LogP contribution in [0.4, 0.5) is 0 Å². The van der Waals surface area contributed by atoms with Crippen molar-refractivity contribution < 1.29 is 18.3 Å². The Bertz CT molecular complexity index is 1470. The lowest BCUT2D eigenvalue weighted by atomic mass is 10.1. The highest BCUT2D eigenvalue weighted by Crippen LogP contribution is 2.33. The number of H-pyrrole nitrogens is 1. The Morgan fingerprint density at radius 1 is 1.09 bits per heavy atom. The fraction of sp³-hybridized carbons (Fsp3) is 0.125. The zero-order valence-corrected chi connectivity index (χ0v) is 18.8. The van der Waals surface area contributed by atoms with Crippen molar-refractivity contribution in [1.29, 1.82) is 0 Å². The molecule has 0 saturated heterocycles. The number of aromatic nitrogens is 1. The average Bonchev–Trinajstić information content (AvgIpc) is 3.39. The first-order valence-electron chi connectivity index (χ1n) is 9.77. The number of aromatic amines is 1. The molecule has 0 bridgehead atoms. The number of carbonyl (C=O) groups is 1. The maximum atomic E-state index is 13.4. The predicted octanol–water partition coefficient (Wildman–Crippen LogP) is 3.72. The van der Waals surface area contributed by atoms with Gasteiger partial charge in [-0.2, -0.15) is 0 Å². The van der Waals surface area contributed by atoms with E-state index in [0.29, 0.717) is 21.3 Å². The summed E-state index contributed by atoms with van der Waals surface area (Å²) in [4.78, 5) is 14.9. The van der Waals surface area contributed by atoms with E-state index in [1.807, 2.05) is 31.2 Å². The summed E-state index contributed by atoms with van der Waals surface area (Å²) in [6, 6.07) is 16.8. The van der Waals surface area contributed by atoms with Crippen LogP contribution in [0, 0.1) is 18.8 Å². The van der Waals surface area contributed by atoms with Crippen LogP contribution in [-0.4, -0.2) is 30.5 Å². The van der Waals surface area contributed by atoms with Gasteiger partial charge < -0.3 is 15.8 Å². The van der Waals surface area contributed by atoms with Crippen molar-refractivity contribution in [1.82, 2.24) is 4.98 Å². The average molecular weight is 465 g/mol. The van der Waals surface area contributed by atoms with Crippen molar-refractivity contribution in [3.63, 3.8) is 0 Å². The number of aliphatic carboxylic acids is 1. The van der Waals surface area contributed by atoms with E-state index in [2.05, 4.69) is 16.8 Å². The van der Waals surface area contributed by atoms with E-state index >= 15 is 0 Å². The molecule has 0 saturated carbocycles. The van der Waals surface area contributed by atoms with Gasteiger partial charge in [-0.05, 0) is 42.8 Å². The molecule has 162 valence electrons. The van der Waals surface area contributed by atoms with E-state index < -0.39 is 21.8 Å². The molecule has 0 aliphatic heterocycles. The minimum Gasteiger partial charge on any atom is -0.480 e. The fourth-order valence-electron chi connectivity index (χ4n) is 3.32. The summed E-state index contributed by atoms with van der Waals surface area (Å²) in [6.45, 7) is 2.00. The van der Waals surface area contributed by atoms with Crippen molar-refractivity contribution >= 4 is 38.0 Å². The number of hydrogen-bond acceptors (Lipinski definition) is 5. The number of nitrogens with one attached hydrogen (secondary N) is 1. The Labute approximate surface area is 189 Å². The van der Waals surface area contributed by atoms with Crippen LogP contribution in [0.25, 0.3) is 10.9 Å². The van der Waals surface area contributed by atoms with Crippen LogP contribution in [0.15, 0.2) is 69.9 Å². The van der Waals surface area contributed by atoms with Gasteiger partial charge in [-0.1, -0.05) is 47.7 Å². The molecule has 2 heterocycles. The summed E-state index contributed by atoms with van der Waals surface area (Å²) < 4.78 is 27.0. The van der Waals surface area contributed by atoms with Crippen LogP contribution < -0.4 is 5.73 Å². The molecule has 0 radical (unpaired) electrons. The number of sulfone groups is 1. The van der Waals surface area contributed by atoms with Crippen molar-refractivity contribution in [3.05, 3.63) is 82.2 Å². The summed E-state index contributed by atoms with van der Waals surface area (Å²) in [5.41, 5.74) is 8.69. The molecule has 0 amide bonds. The van der Waals surface area contributed by atoms with Gasteiger partial charge in [0.2, 0.25) is 9.84 Å². The molecule has 0 spiro atoms.